The number of benzene rings is 1. The topological polar surface area (TPSA) is 92.5 Å². The molecular weight excluding hydrogens is 246 g/mol. The van der Waals surface area contributed by atoms with E-state index in [1.54, 1.807) is 12.1 Å². The molecule has 0 bridgehead atoms. The largest absolute Gasteiger partial charge is 0.305 e. The Bertz CT molecular complexity index is 554. The van der Waals surface area contributed by atoms with Gasteiger partial charge in [-0.3, -0.25) is 19.8 Å². The number of ketones is 1. The standard InChI is InChI=1S/C13H15N3O3/c1-8-4-5-10-9(7-8)12(18)13(19)16(10)6-2-3-11(17)15-14/h4-5,7H,2-3,6,14H2,1H3,(H,15,17). The van der Waals surface area contributed by atoms with Crippen LogP contribution in [0.3, 0.4) is 0 Å². The van der Waals surface area contributed by atoms with Crippen molar-refractivity contribution in [3.05, 3.63) is 29.3 Å². The smallest absolute Gasteiger partial charge is 0.299 e. The maximum Gasteiger partial charge on any atom is 0.299 e. The number of nitrogens with zero attached hydrogens (tertiary/aromatic N) is 1. The average Bonchev–Trinajstić information content (AvgIpc) is 2.63. The van der Waals surface area contributed by atoms with Crippen LogP contribution in [0, 0.1) is 6.92 Å². The molecule has 1 heterocycles. The van der Waals surface area contributed by atoms with Gasteiger partial charge < -0.3 is 4.90 Å². The number of Topliss-reactive ketones (excluding diaryl/α,β-unsaturated/α-hetero) is 1. The highest BCUT2D eigenvalue weighted by Crippen LogP contribution is 2.29. The Morgan fingerprint density at radius 3 is 2.79 bits per heavy atom. The van der Waals surface area contributed by atoms with Crippen LogP contribution in [-0.4, -0.2) is 24.1 Å². The summed E-state index contributed by atoms with van der Waals surface area (Å²) in [5.41, 5.74) is 4.02. The molecule has 1 aromatic carbocycles. The third-order valence-electron chi connectivity index (χ3n) is 3.07. The molecule has 6 nitrogen and oxygen atoms in total. The molecule has 2 amide bonds. The third-order valence-corrected chi connectivity index (χ3v) is 3.07. The number of fused-ring (bicyclic) bond motifs is 1. The van der Waals surface area contributed by atoms with Crippen molar-refractivity contribution < 1.29 is 14.4 Å². The van der Waals surface area contributed by atoms with Crippen molar-refractivity contribution in [3.8, 4) is 0 Å². The van der Waals surface area contributed by atoms with Crippen molar-refractivity contribution >= 4 is 23.3 Å². The van der Waals surface area contributed by atoms with Gasteiger partial charge in [-0.2, -0.15) is 0 Å². The van der Waals surface area contributed by atoms with E-state index < -0.39 is 11.7 Å². The summed E-state index contributed by atoms with van der Waals surface area (Å²) in [6.07, 6.45) is 0.672. The molecule has 6 heteroatoms. The highest BCUT2D eigenvalue weighted by molar-refractivity contribution is 6.52. The molecule has 0 aliphatic carbocycles. The van der Waals surface area contributed by atoms with Gasteiger partial charge in [-0.15, -0.1) is 0 Å². The number of anilines is 1. The predicted molar refractivity (Wildman–Crippen MR) is 69.4 cm³/mol. The molecule has 1 aliphatic rings. The Kier molecular flexibility index (Phi) is 3.62. The molecule has 1 aliphatic heterocycles. The fourth-order valence-corrected chi connectivity index (χ4v) is 2.11. The van der Waals surface area contributed by atoms with E-state index in [0.717, 1.165) is 5.56 Å². The van der Waals surface area contributed by atoms with Crippen LogP contribution in [0.5, 0.6) is 0 Å². The molecule has 0 atom stereocenters. The van der Waals surface area contributed by atoms with Gasteiger partial charge in [0.15, 0.2) is 0 Å². The lowest BCUT2D eigenvalue weighted by atomic mass is 10.1. The zero-order valence-corrected chi connectivity index (χ0v) is 10.6. The zero-order valence-electron chi connectivity index (χ0n) is 10.6. The van der Waals surface area contributed by atoms with Crippen LogP contribution in [0.25, 0.3) is 0 Å². The second-order valence-corrected chi connectivity index (χ2v) is 4.48. The first-order valence-electron chi connectivity index (χ1n) is 6.01. The molecule has 100 valence electrons. The number of rotatable bonds is 4. The number of nitrogens with two attached hydrogens (primary N) is 1. The molecule has 0 aromatic heterocycles. The van der Waals surface area contributed by atoms with Gasteiger partial charge in [-0.05, 0) is 25.5 Å². The first-order valence-corrected chi connectivity index (χ1v) is 6.01. The number of hydrogen-bond donors (Lipinski definition) is 2. The third kappa shape index (κ3) is 2.48. The predicted octanol–water partition coefficient (Wildman–Crippen LogP) is 0.294. The van der Waals surface area contributed by atoms with Gasteiger partial charge in [-0.25, -0.2) is 5.84 Å². The Hall–Kier alpha value is -2.21. The molecular formula is C13H15N3O3. The first-order chi connectivity index (χ1) is 9.04. The summed E-state index contributed by atoms with van der Waals surface area (Å²) in [6.45, 7) is 2.19. The van der Waals surface area contributed by atoms with E-state index in [2.05, 4.69) is 0 Å². The summed E-state index contributed by atoms with van der Waals surface area (Å²) in [6, 6.07) is 5.32. The van der Waals surface area contributed by atoms with Crippen LogP contribution in [0.2, 0.25) is 0 Å². The van der Waals surface area contributed by atoms with Gasteiger partial charge in [0, 0.05) is 13.0 Å². The minimum Gasteiger partial charge on any atom is -0.305 e. The van der Waals surface area contributed by atoms with Crippen molar-refractivity contribution in [1.82, 2.24) is 5.43 Å². The maximum absolute atomic E-state index is 11.9. The van der Waals surface area contributed by atoms with Crippen molar-refractivity contribution in [1.29, 1.82) is 0 Å². The number of nitrogens with one attached hydrogen (secondary N) is 1. The number of aryl methyl sites for hydroxylation is 1. The minimum absolute atomic E-state index is 0.218. The number of hydrazine groups is 1. The van der Waals surface area contributed by atoms with Gasteiger partial charge >= 0.3 is 0 Å². The molecule has 0 saturated carbocycles. The number of carbonyl (C=O) groups is 3. The van der Waals surface area contributed by atoms with Crippen LogP contribution < -0.4 is 16.2 Å². The summed E-state index contributed by atoms with van der Waals surface area (Å²) in [5, 5.41) is 0. The van der Waals surface area contributed by atoms with Gasteiger partial charge in [0.2, 0.25) is 5.91 Å². The molecule has 19 heavy (non-hydrogen) atoms. The van der Waals surface area contributed by atoms with Crippen LogP contribution >= 0.6 is 0 Å². The van der Waals surface area contributed by atoms with Gasteiger partial charge in [0.25, 0.3) is 11.7 Å². The van der Waals surface area contributed by atoms with Crippen molar-refractivity contribution in [3.63, 3.8) is 0 Å². The monoisotopic (exact) mass is 261 g/mol. The summed E-state index contributed by atoms with van der Waals surface area (Å²) < 4.78 is 0. The van der Waals surface area contributed by atoms with Crippen LogP contribution in [0.4, 0.5) is 5.69 Å². The zero-order chi connectivity index (χ0) is 14.0. The average molecular weight is 261 g/mol. The van der Waals surface area contributed by atoms with E-state index in [4.69, 9.17) is 5.84 Å². The SMILES string of the molecule is Cc1ccc2c(c1)C(=O)C(=O)N2CCCC(=O)NN. The molecule has 0 saturated heterocycles. The first kappa shape index (κ1) is 13.2. The van der Waals surface area contributed by atoms with E-state index >= 15 is 0 Å². The number of amides is 2. The van der Waals surface area contributed by atoms with Crippen LogP contribution in [0.15, 0.2) is 18.2 Å². The highest BCUT2D eigenvalue weighted by Gasteiger charge is 2.35. The lowest BCUT2D eigenvalue weighted by Gasteiger charge is -2.16. The molecule has 0 spiro atoms. The molecule has 2 rings (SSSR count). The van der Waals surface area contributed by atoms with Gasteiger partial charge in [0.05, 0.1) is 11.3 Å². The maximum atomic E-state index is 11.9. The van der Waals surface area contributed by atoms with E-state index in [9.17, 15) is 14.4 Å². The fourth-order valence-electron chi connectivity index (χ4n) is 2.11. The van der Waals surface area contributed by atoms with E-state index in [0.29, 0.717) is 24.2 Å². The summed E-state index contributed by atoms with van der Waals surface area (Å²) in [4.78, 5) is 36.1. The van der Waals surface area contributed by atoms with Gasteiger partial charge in [-0.1, -0.05) is 11.6 Å². The Labute approximate surface area is 110 Å². The Morgan fingerprint density at radius 1 is 1.37 bits per heavy atom. The second-order valence-electron chi connectivity index (χ2n) is 4.48. The number of hydrogen-bond acceptors (Lipinski definition) is 4. The van der Waals surface area contributed by atoms with Crippen molar-refractivity contribution in [2.75, 3.05) is 11.4 Å². The Morgan fingerprint density at radius 2 is 2.11 bits per heavy atom. The second kappa shape index (κ2) is 5.19. The Balaban J connectivity index is 2.13. The van der Waals surface area contributed by atoms with Crippen molar-refractivity contribution in [2.24, 2.45) is 5.84 Å². The van der Waals surface area contributed by atoms with E-state index in [-0.39, 0.29) is 12.3 Å². The molecule has 3 N–H and O–H groups in total. The summed E-state index contributed by atoms with van der Waals surface area (Å²) >= 11 is 0. The lowest BCUT2D eigenvalue weighted by molar-refractivity contribution is -0.121. The molecule has 1 aromatic rings. The normalized spacial score (nSPS) is 13.7. The van der Waals surface area contributed by atoms with E-state index in [1.165, 1.54) is 4.90 Å². The fraction of sp³-hybridized carbons (Fsp3) is 0.308. The van der Waals surface area contributed by atoms with Crippen molar-refractivity contribution in [2.45, 2.75) is 19.8 Å². The van der Waals surface area contributed by atoms with Crippen LogP contribution in [0.1, 0.15) is 28.8 Å². The van der Waals surface area contributed by atoms with Gasteiger partial charge in [0.1, 0.15) is 0 Å². The minimum atomic E-state index is -0.534. The summed E-state index contributed by atoms with van der Waals surface area (Å²) in [5.74, 6) is 3.67. The van der Waals surface area contributed by atoms with E-state index in [1.807, 2.05) is 18.4 Å². The summed E-state index contributed by atoms with van der Waals surface area (Å²) in [7, 11) is 0. The molecule has 0 fully saturated rings. The molecule has 0 radical (unpaired) electrons. The lowest BCUT2D eigenvalue weighted by Crippen LogP contribution is -2.33. The van der Waals surface area contributed by atoms with Crippen LogP contribution in [-0.2, 0) is 9.59 Å². The highest BCUT2D eigenvalue weighted by atomic mass is 16.2. The quantitative estimate of drug-likeness (QED) is 0.353. The number of carbonyl (C=O) groups excluding carboxylic acids is 3. The molecule has 0 unspecified atom stereocenters.